The van der Waals surface area contributed by atoms with Gasteiger partial charge in [-0.15, -0.1) is 12.4 Å². The van der Waals surface area contributed by atoms with Crippen molar-refractivity contribution in [2.45, 2.75) is 19.5 Å². The van der Waals surface area contributed by atoms with E-state index in [1.165, 1.54) is 12.1 Å². The van der Waals surface area contributed by atoms with Crippen LogP contribution in [0, 0.1) is 5.92 Å². The minimum absolute atomic E-state index is 0. The summed E-state index contributed by atoms with van der Waals surface area (Å²) in [7, 11) is 0. The highest BCUT2D eigenvalue weighted by molar-refractivity contribution is 5.85. The average Bonchev–Trinajstić information content (AvgIpc) is 2.97. The number of alkyl halides is 2. The Kier molecular flexibility index (Phi) is 8.57. The van der Waals surface area contributed by atoms with Crippen LogP contribution in [0.2, 0.25) is 0 Å². The lowest BCUT2D eigenvalue weighted by molar-refractivity contribution is -0.141. The van der Waals surface area contributed by atoms with Crippen molar-refractivity contribution in [1.82, 2.24) is 10.2 Å². The standard InChI is InChI=1S/C16H20F2N2O4.ClH/c17-16(18)24-13-3-1-11(2-4-13)5-7-19-14(21)10-20-8-6-12(9-20)15(22)23;/h1-4,12,16H,5-10H2,(H,19,21)(H,22,23);1H. The van der Waals surface area contributed by atoms with Crippen LogP contribution in [0.25, 0.3) is 0 Å². The zero-order chi connectivity index (χ0) is 17.5. The maximum absolute atomic E-state index is 12.0. The Morgan fingerprint density at radius 3 is 2.56 bits per heavy atom. The highest BCUT2D eigenvalue weighted by Crippen LogP contribution is 2.16. The molecule has 1 saturated heterocycles. The Morgan fingerprint density at radius 2 is 2.00 bits per heavy atom. The fourth-order valence-corrected chi connectivity index (χ4v) is 2.62. The molecule has 140 valence electrons. The number of carbonyl (C=O) groups excluding carboxylic acids is 1. The summed E-state index contributed by atoms with van der Waals surface area (Å²) >= 11 is 0. The summed E-state index contributed by atoms with van der Waals surface area (Å²) in [5.41, 5.74) is 0.893. The molecule has 25 heavy (non-hydrogen) atoms. The lowest BCUT2D eigenvalue weighted by Crippen LogP contribution is -2.37. The predicted molar refractivity (Wildman–Crippen MR) is 89.2 cm³/mol. The molecule has 0 radical (unpaired) electrons. The van der Waals surface area contributed by atoms with Crippen LogP contribution >= 0.6 is 12.4 Å². The van der Waals surface area contributed by atoms with Gasteiger partial charge in [0.15, 0.2) is 0 Å². The Bertz CT molecular complexity index is 572. The molecule has 1 aliphatic rings. The third-order valence-electron chi connectivity index (χ3n) is 3.87. The molecule has 1 unspecified atom stereocenters. The number of aliphatic carboxylic acids is 1. The lowest BCUT2D eigenvalue weighted by atomic mass is 10.1. The molecule has 1 amide bonds. The summed E-state index contributed by atoms with van der Waals surface area (Å²) in [6.45, 7) is -1.24. The van der Waals surface area contributed by atoms with E-state index in [4.69, 9.17) is 5.11 Å². The molecule has 1 aromatic rings. The number of carbonyl (C=O) groups is 2. The number of benzene rings is 1. The number of nitrogens with zero attached hydrogens (tertiary/aromatic N) is 1. The number of halogens is 3. The molecule has 1 heterocycles. The second-order valence-corrected chi connectivity index (χ2v) is 5.68. The van der Waals surface area contributed by atoms with Gasteiger partial charge in [0.1, 0.15) is 5.75 Å². The maximum atomic E-state index is 12.0. The third kappa shape index (κ3) is 7.23. The molecule has 0 bridgehead atoms. The van der Waals surface area contributed by atoms with Gasteiger partial charge >= 0.3 is 12.6 Å². The Hall–Kier alpha value is -1.93. The fourth-order valence-electron chi connectivity index (χ4n) is 2.62. The molecule has 0 aliphatic carbocycles. The van der Waals surface area contributed by atoms with Gasteiger partial charge in [0.2, 0.25) is 5.91 Å². The Balaban J connectivity index is 0.00000312. The van der Waals surface area contributed by atoms with E-state index in [-0.39, 0.29) is 30.6 Å². The fraction of sp³-hybridized carbons (Fsp3) is 0.500. The molecule has 6 nitrogen and oxygen atoms in total. The number of hydrogen-bond acceptors (Lipinski definition) is 4. The van der Waals surface area contributed by atoms with Gasteiger partial charge in [-0.1, -0.05) is 12.1 Å². The highest BCUT2D eigenvalue weighted by Gasteiger charge is 2.28. The first-order valence-corrected chi connectivity index (χ1v) is 7.69. The van der Waals surface area contributed by atoms with Crippen LogP contribution in [0.4, 0.5) is 8.78 Å². The predicted octanol–water partition coefficient (Wildman–Crippen LogP) is 1.77. The summed E-state index contributed by atoms with van der Waals surface area (Å²) in [5, 5.41) is 11.7. The van der Waals surface area contributed by atoms with Crippen molar-refractivity contribution < 1.29 is 28.2 Å². The van der Waals surface area contributed by atoms with E-state index in [1.54, 1.807) is 12.1 Å². The quantitative estimate of drug-likeness (QED) is 0.721. The summed E-state index contributed by atoms with van der Waals surface area (Å²) in [4.78, 5) is 24.5. The van der Waals surface area contributed by atoms with Crippen molar-refractivity contribution in [1.29, 1.82) is 0 Å². The van der Waals surface area contributed by atoms with Gasteiger partial charge in [0.25, 0.3) is 0 Å². The largest absolute Gasteiger partial charge is 0.481 e. The third-order valence-corrected chi connectivity index (χ3v) is 3.87. The SMILES string of the molecule is Cl.O=C(CN1CCC(C(=O)O)C1)NCCc1ccc(OC(F)F)cc1. The van der Waals surface area contributed by atoms with Gasteiger partial charge in [-0.2, -0.15) is 8.78 Å². The van der Waals surface area contributed by atoms with Crippen molar-refractivity contribution in [3.05, 3.63) is 29.8 Å². The topological polar surface area (TPSA) is 78.9 Å². The maximum Gasteiger partial charge on any atom is 0.387 e. The average molecular weight is 379 g/mol. The smallest absolute Gasteiger partial charge is 0.387 e. The summed E-state index contributed by atoms with van der Waals surface area (Å²) in [6, 6.07) is 6.25. The molecule has 2 N–H and O–H groups in total. The number of hydrogen-bond donors (Lipinski definition) is 2. The number of nitrogens with one attached hydrogen (secondary N) is 1. The summed E-state index contributed by atoms with van der Waals surface area (Å²) in [6.07, 6.45) is 1.13. The number of amides is 1. The number of likely N-dealkylation sites (tertiary alicyclic amines) is 1. The first-order chi connectivity index (χ1) is 11.4. The minimum Gasteiger partial charge on any atom is -0.481 e. The van der Waals surface area contributed by atoms with Crippen LogP contribution < -0.4 is 10.1 Å². The van der Waals surface area contributed by atoms with Crippen LogP contribution in [0.1, 0.15) is 12.0 Å². The minimum atomic E-state index is -2.85. The van der Waals surface area contributed by atoms with Crippen molar-refractivity contribution in [2.24, 2.45) is 5.92 Å². The van der Waals surface area contributed by atoms with Crippen molar-refractivity contribution >= 4 is 24.3 Å². The lowest BCUT2D eigenvalue weighted by Gasteiger charge is -2.14. The number of ether oxygens (including phenoxy) is 1. The van der Waals surface area contributed by atoms with E-state index in [0.29, 0.717) is 32.5 Å². The number of carboxylic acids is 1. The molecule has 9 heteroatoms. The monoisotopic (exact) mass is 378 g/mol. The zero-order valence-corrected chi connectivity index (χ0v) is 14.3. The first-order valence-electron chi connectivity index (χ1n) is 7.69. The van der Waals surface area contributed by atoms with Crippen molar-refractivity contribution in [3.63, 3.8) is 0 Å². The molecule has 2 rings (SSSR count). The van der Waals surface area contributed by atoms with E-state index in [9.17, 15) is 18.4 Å². The van der Waals surface area contributed by atoms with Crippen molar-refractivity contribution in [3.8, 4) is 5.75 Å². The van der Waals surface area contributed by atoms with Gasteiger partial charge in [0.05, 0.1) is 12.5 Å². The van der Waals surface area contributed by atoms with E-state index in [2.05, 4.69) is 10.1 Å². The van der Waals surface area contributed by atoms with E-state index >= 15 is 0 Å². The number of carboxylic acid groups (broad SMARTS) is 1. The Morgan fingerprint density at radius 1 is 1.32 bits per heavy atom. The van der Waals surface area contributed by atoms with Crippen LogP contribution in [-0.4, -0.2) is 54.7 Å². The van der Waals surface area contributed by atoms with Crippen LogP contribution in [-0.2, 0) is 16.0 Å². The highest BCUT2D eigenvalue weighted by atomic mass is 35.5. The molecule has 1 aliphatic heterocycles. The normalized spacial score (nSPS) is 17.2. The zero-order valence-electron chi connectivity index (χ0n) is 13.5. The van der Waals surface area contributed by atoms with Gasteiger partial charge in [-0.05, 0) is 37.1 Å². The van der Waals surface area contributed by atoms with Crippen LogP contribution in [0.3, 0.4) is 0 Å². The van der Waals surface area contributed by atoms with Gasteiger partial charge in [-0.3, -0.25) is 14.5 Å². The molecular formula is C16H21ClF2N2O4. The molecule has 0 saturated carbocycles. The molecule has 0 spiro atoms. The Labute approximate surface area is 150 Å². The van der Waals surface area contributed by atoms with E-state index < -0.39 is 18.5 Å². The second-order valence-electron chi connectivity index (χ2n) is 5.68. The molecule has 0 aromatic heterocycles. The van der Waals surface area contributed by atoms with Crippen LogP contribution in [0.15, 0.2) is 24.3 Å². The molecule has 1 atom stereocenters. The van der Waals surface area contributed by atoms with Crippen LogP contribution in [0.5, 0.6) is 5.75 Å². The second kappa shape index (κ2) is 10.1. The number of rotatable bonds is 8. The van der Waals surface area contributed by atoms with Gasteiger partial charge in [0, 0.05) is 13.1 Å². The van der Waals surface area contributed by atoms with Crippen molar-refractivity contribution in [2.75, 3.05) is 26.2 Å². The van der Waals surface area contributed by atoms with E-state index in [1.807, 2.05) is 4.90 Å². The molecular weight excluding hydrogens is 358 g/mol. The van der Waals surface area contributed by atoms with Gasteiger partial charge < -0.3 is 15.2 Å². The van der Waals surface area contributed by atoms with Gasteiger partial charge in [-0.25, -0.2) is 0 Å². The first kappa shape index (κ1) is 21.1. The molecule has 1 aromatic carbocycles. The summed E-state index contributed by atoms with van der Waals surface area (Å²) in [5.74, 6) is -1.28. The van der Waals surface area contributed by atoms with E-state index in [0.717, 1.165) is 5.56 Å². The summed E-state index contributed by atoms with van der Waals surface area (Å²) < 4.78 is 28.3. The molecule has 1 fully saturated rings.